The Morgan fingerprint density at radius 2 is 1.56 bits per heavy atom. The lowest BCUT2D eigenvalue weighted by molar-refractivity contribution is 0.0954. The molecule has 32 heavy (non-hydrogen) atoms. The monoisotopic (exact) mass is 462 g/mol. The molecular formula is C24H16Cl2N4O2. The maximum Gasteiger partial charge on any atom is 0.277 e. The van der Waals surface area contributed by atoms with Crippen molar-refractivity contribution < 1.29 is 4.79 Å². The first kappa shape index (κ1) is 21.5. The van der Waals surface area contributed by atoms with Crippen molar-refractivity contribution in [3.8, 4) is 22.4 Å². The van der Waals surface area contributed by atoms with E-state index in [-0.39, 0.29) is 5.56 Å². The van der Waals surface area contributed by atoms with Crippen LogP contribution < -0.4 is 11.0 Å². The van der Waals surface area contributed by atoms with Crippen LogP contribution in [0.3, 0.4) is 0 Å². The van der Waals surface area contributed by atoms with Gasteiger partial charge >= 0.3 is 0 Å². The van der Waals surface area contributed by atoms with Crippen molar-refractivity contribution in [3.63, 3.8) is 0 Å². The highest BCUT2D eigenvalue weighted by molar-refractivity contribution is 6.42. The molecule has 2 N–H and O–H groups in total. The molecule has 1 amide bonds. The second-order valence-corrected chi connectivity index (χ2v) is 7.57. The Morgan fingerprint density at radius 1 is 0.906 bits per heavy atom. The molecule has 0 saturated heterocycles. The summed E-state index contributed by atoms with van der Waals surface area (Å²) in [6, 6.07) is 23.4. The van der Waals surface area contributed by atoms with Crippen LogP contribution in [0.5, 0.6) is 0 Å². The zero-order chi connectivity index (χ0) is 22.5. The number of hydrogen-bond acceptors (Lipinski definition) is 4. The molecule has 1 heterocycles. The lowest BCUT2D eigenvalue weighted by Gasteiger charge is -2.12. The van der Waals surface area contributed by atoms with E-state index in [1.54, 1.807) is 18.2 Å². The van der Waals surface area contributed by atoms with Gasteiger partial charge in [-0.15, -0.1) is 0 Å². The number of halogens is 2. The zero-order valence-corrected chi connectivity index (χ0v) is 18.1. The van der Waals surface area contributed by atoms with Crippen molar-refractivity contribution >= 4 is 35.3 Å². The number of amides is 1. The first-order valence-corrected chi connectivity index (χ1v) is 10.3. The minimum Gasteiger partial charge on any atom is -0.267 e. The Kier molecular flexibility index (Phi) is 6.44. The van der Waals surface area contributed by atoms with Crippen molar-refractivity contribution in [1.29, 1.82) is 0 Å². The maximum absolute atomic E-state index is 13.0. The van der Waals surface area contributed by atoms with Crippen molar-refractivity contribution in [2.45, 2.75) is 0 Å². The van der Waals surface area contributed by atoms with Crippen LogP contribution in [0.1, 0.15) is 15.9 Å². The van der Waals surface area contributed by atoms with E-state index < -0.39 is 11.5 Å². The van der Waals surface area contributed by atoms with E-state index in [0.29, 0.717) is 32.4 Å². The number of carbonyl (C=O) groups is 1. The number of carbonyl (C=O) groups excluding carboxylic acids is 1. The summed E-state index contributed by atoms with van der Waals surface area (Å²) in [5.74, 6) is -0.666. The Morgan fingerprint density at radius 3 is 2.22 bits per heavy atom. The van der Waals surface area contributed by atoms with Crippen LogP contribution in [-0.2, 0) is 0 Å². The van der Waals surface area contributed by atoms with Gasteiger partial charge in [0.05, 0.1) is 22.0 Å². The molecule has 1 aromatic heterocycles. The largest absolute Gasteiger partial charge is 0.277 e. The molecule has 0 atom stereocenters. The lowest BCUT2D eigenvalue weighted by atomic mass is 9.95. The number of aromatic amines is 1. The number of rotatable bonds is 5. The third kappa shape index (κ3) is 4.61. The quantitative estimate of drug-likeness (QED) is 0.316. The predicted molar refractivity (Wildman–Crippen MR) is 127 cm³/mol. The number of aromatic nitrogens is 2. The number of nitrogens with one attached hydrogen (secondary N) is 2. The molecule has 0 aliphatic rings. The maximum atomic E-state index is 13.0. The standard InChI is InChI=1S/C24H16Cl2N4O2/c25-18-12-11-15(13-19(18)26)14-27-29-23(31)21-20(16-7-3-1-4-8-16)22(28-30-24(21)32)17-9-5-2-6-10-17/h1-14H,(H,29,31)(H,30,32). The van der Waals surface area contributed by atoms with E-state index in [9.17, 15) is 9.59 Å². The van der Waals surface area contributed by atoms with E-state index in [1.165, 1.54) is 6.21 Å². The molecule has 0 saturated carbocycles. The summed E-state index contributed by atoms with van der Waals surface area (Å²) in [7, 11) is 0. The first-order valence-electron chi connectivity index (χ1n) is 9.56. The van der Waals surface area contributed by atoms with Gasteiger partial charge in [-0.2, -0.15) is 10.2 Å². The van der Waals surface area contributed by atoms with Gasteiger partial charge in [-0.25, -0.2) is 10.5 Å². The van der Waals surface area contributed by atoms with Crippen LogP contribution in [0.4, 0.5) is 0 Å². The molecule has 0 aliphatic heterocycles. The molecule has 4 rings (SSSR count). The van der Waals surface area contributed by atoms with Crippen molar-refractivity contribution in [2.75, 3.05) is 0 Å². The Bertz CT molecular complexity index is 1350. The number of H-pyrrole nitrogens is 1. The van der Waals surface area contributed by atoms with Gasteiger partial charge in [0.25, 0.3) is 11.5 Å². The van der Waals surface area contributed by atoms with Gasteiger partial charge < -0.3 is 0 Å². The summed E-state index contributed by atoms with van der Waals surface area (Å²) in [4.78, 5) is 25.7. The lowest BCUT2D eigenvalue weighted by Crippen LogP contribution is -2.28. The third-order valence-electron chi connectivity index (χ3n) is 4.64. The SMILES string of the molecule is O=C(NN=Cc1ccc(Cl)c(Cl)c1)c1c(-c2ccccc2)c(-c2ccccc2)n[nH]c1=O. The molecule has 0 radical (unpaired) electrons. The summed E-state index contributed by atoms with van der Waals surface area (Å²) >= 11 is 11.9. The van der Waals surface area contributed by atoms with Gasteiger partial charge in [-0.05, 0) is 23.3 Å². The average Bonchev–Trinajstić information content (AvgIpc) is 2.82. The van der Waals surface area contributed by atoms with Gasteiger partial charge in [0.15, 0.2) is 0 Å². The van der Waals surface area contributed by atoms with E-state index in [1.807, 2.05) is 60.7 Å². The highest BCUT2D eigenvalue weighted by atomic mass is 35.5. The molecule has 4 aromatic rings. The number of hydrogen-bond donors (Lipinski definition) is 2. The molecule has 3 aromatic carbocycles. The van der Waals surface area contributed by atoms with Gasteiger partial charge in [0.1, 0.15) is 5.56 Å². The molecule has 0 aliphatic carbocycles. The molecule has 0 unspecified atom stereocenters. The fourth-order valence-electron chi connectivity index (χ4n) is 3.17. The summed E-state index contributed by atoms with van der Waals surface area (Å²) in [6.45, 7) is 0. The Labute approximate surface area is 193 Å². The van der Waals surface area contributed by atoms with E-state index in [2.05, 4.69) is 20.7 Å². The van der Waals surface area contributed by atoms with Crippen molar-refractivity contribution in [1.82, 2.24) is 15.6 Å². The predicted octanol–water partition coefficient (Wildman–Crippen LogP) is 5.17. The highest BCUT2D eigenvalue weighted by Crippen LogP contribution is 2.31. The molecule has 0 fully saturated rings. The average molecular weight is 463 g/mol. The second-order valence-electron chi connectivity index (χ2n) is 6.76. The summed E-state index contributed by atoms with van der Waals surface area (Å²) < 4.78 is 0. The summed E-state index contributed by atoms with van der Waals surface area (Å²) in [5.41, 5.74) is 4.69. The minimum atomic E-state index is -0.666. The molecule has 158 valence electrons. The van der Waals surface area contributed by atoms with Crippen LogP contribution in [0.15, 0.2) is 88.8 Å². The van der Waals surface area contributed by atoms with E-state index in [0.717, 1.165) is 5.56 Å². The van der Waals surface area contributed by atoms with Crippen LogP contribution in [0.25, 0.3) is 22.4 Å². The zero-order valence-electron chi connectivity index (χ0n) is 16.5. The Hall–Kier alpha value is -3.74. The van der Waals surface area contributed by atoms with Crippen LogP contribution >= 0.6 is 23.2 Å². The van der Waals surface area contributed by atoms with E-state index >= 15 is 0 Å². The molecule has 0 spiro atoms. The number of hydrazone groups is 1. The first-order chi connectivity index (χ1) is 15.5. The second kappa shape index (κ2) is 9.60. The summed E-state index contributed by atoms with van der Waals surface area (Å²) in [5, 5.41) is 11.4. The van der Waals surface area contributed by atoms with Gasteiger partial charge in [-0.3, -0.25) is 9.59 Å². The molecule has 8 heteroatoms. The van der Waals surface area contributed by atoms with Gasteiger partial charge in [0, 0.05) is 11.1 Å². The van der Waals surface area contributed by atoms with Crippen LogP contribution in [-0.4, -0.2) is 22.3 Å². The van der Waals surface area contributed by atoms with E-state index in [4.69, 9.17) is 23.2 Å². The molecule has 6 nitrogen and oxygen atoms in total. The van der Waals surface area contributed by atoms with Crippen molar-refractivity contribution in [3.05, 3.63) is 110 Å². The third-order valence-corrected chi connectivity index (χ3v) is 5.38. The fraction of sp³-hybridized carbons (Fsp3) is 0. The fourth-order valence-corrected chi connectivity index (χ4v) is 3.48. The number of nitrogens with zero attached hydrogens (tertiary/aromatic N) is 2. The van der Waals surface area contributed by atoms with Crippen LogP contribution in [0, 0.1) is 0 Å². The minimum absolute atomic E-state index is 0.0867. The molecular weight excluding hydrogens is 447 g/mol. The highest BCUT2D eigenvalue weighted by Gasteiger charge is 2.22. The normalized spacial score (nSPS) is 10.9. The van der Waals surface area contributed by atoms with Crippen LogP contribution in [0.2, 0.25) is 10.0 Å². The molecule has 0 bridgehead atoms. The number of benzene rings is 3. The summed E-state index contributed by atoms with van der Waals surface area (Å²) in [6.07, 6.45) is 1.41. The van der Waals surface area contributed by atoms with Gasteiger partial charge in [-0.1, -0.05) is 89.9 Å². The Balaban J connectivity index is 1.76. The van der Waals surface area contributed by atoms with Crippen molar-refractivity contribution in [2.24, 2.45) is 5.10 Å². The topological polar surface area (TPSA) is 87.2 Å². The smallest absolute Gasteiger partial charge is 0.267 e. The van der Waals surface area contributed by atoms with Gasteiger partial charge in [0.2, 0.25) is 0 Å².